The standard InChI is InChI=1S/C13H15BrClN3O/c1-3-12-16-17-13(19-12)8-18(2)7-9-6-10(14)4-5-11(9)15/h4-6H,3,7-8H2,1-2H3. The van der Waals surface area contributed by atoms with Gasteiger partial charge in [0.15, 0.2) is 0 Å². The van der Waals surface area contributed by atoms with Gasteiger partial charge in [-0.2, -0.15) is 0 Å². The highest BCUT2D eigenvalue weighted by Gasteiger charge is 2.10. The van der Waals surface area contributed by atoms with Gasteiger partial charge in [0.25, 0.3) is 0 Å². The van der Waals surface area contributed by atoms with Crippen LogP contribution in [-0.4, -0.2) is 22.1 Å². The van der Waals surface area contributed by atoms with Gasteiger partial charge < -0.3 is 4.42 Å². The second-order valence-corrected chi connectivity index (χ2v) is 5.67. The van der Waals surface area contributed by atoms with Crippen LogP contribution >= 0.6 is 27.5 Å². The van der Waals surface area contributed by atoms with E-state index in [2.05, 4.69) is 31.0 Å². The Kier molecular flexibility index (Phi) is 4.96. The quantitative estimate of drug-likeness (QED) is 0.830. The fourth-order valence-corrected chi connectivity index (χ4v) is 2.32. The molecule has 0 aliphatic carbocycles. The molecule has 0 bridgehead atoms. The second-order valence-electron chi connectivity index (χ2n) is 4.35. The predicted octanol–water partition coefficient (Wildman–Crippen LogP) is 3.68. The van der Waals surface area contributed by atoms with Gasteiger partial charge in [-0.1, -0.05) is 34.5 Å². The molecular weight excluding hydrogens is 330 g/mol. The van der Waals surface area contributed by atoms with E-state index in [4.69, 9.17) is 16.0 Å². The molecule has 0 N–H and O–H groups in total. The zero-order chi connectivity index (χ0) is 13.8. The van der Waals surface area contributed by atoms with Crippen LogP contribution < -0.4 is 0 Å². The molecule has 0 radical (unpaired) electrons. The van der Waals surface area contributed by atoms with Gasteiger partial charge in [0.2, 0.25) is 11.8 Å². The molecule has 0 aliphatic rings. The molecule has 0 unspecified atom stereocenters. The van der Waals surface area contributed by atoms with Crippen LogP contribution in [-0.2, 0) is 19.5 Å². The molecule has 1 aromatic carbocycles. The Morgan fingerprint density at radius 3 is 2.68 bits per heavy atom. The van der Waals surface area contributed by atoms with Gasteiger partial charge in [0.05, 0.1) is 6.54 Å². The summed E-state index contributed by atoms with van der Waals surface area (Å²) in [6, 6.07) is 5.83. The first-order valence-corrected chi connectivity index (χ1v) is 7.19. The average Bonchev–Trinajstić information content (AvgIpc) is 2.81. The lowest BCUT2D eigenvalue weighted by Crippen LogP contribution is -2.17. The minimum Gasteiger partial charge on any atom is -0.424 e. The van der Waals surface area contributed by atoms with Crippen molar-refractivity contribution >= 4 is 27.5 Å². The normalized spacial score (nSPS) is 11.2. The summed E-state index contributed by atoms with van der Waals surface area (Å²) in [6.45, 7) is 3.32. The van der Waals surface area contributed by atoms with Crippen molar-refractivity contribution in [2.24, 2.45) is 0 Å². The number of hydrogen-bond donors (Lipinski definition) is 0. The van der Waals surface area contributed by atoms with Crippen LogP contribution in [0.5, 0.6) is 0 Å². The number of hydrogen-bond acceptors (Lipinski definition) is 4. The summed E-state index contributed by atoms with van der Waals surface area (Å²) in [5.41, 5.74) is 1.06. The number of benzene rings is 1. The third kappa shape index (κ3) is 4.03. The largest absolute Gasteiger partial charge is 0.424 e. The van der Waals surface area contributed by atoms with E-state index in [-0.39, 0.29) is 0 Å². The molecule has 0 fully saturated rings. The SMILES string of the molecule is CCc1nnc(CN(C)Cc2cc(Br)ccc2Cl)o1. The van der Waals surface area contributed by atoms with Crippen LogP contribution in [0.2, 0.25) is 5.02 Å². The lowest BCUT2D eigenvalue weighted by molar-refractivity contribution is 0.277. The predicted molar refractivity (Wildman–Crippen MR) is 78.0 cm³/mol. The zero-order valence-electron chi connectivity index (χ0n) is 10.9. The summed E-state index contributed by atoms with van der Waals surface area (Å²) >= 11 is 9.62. The fraction of sp³-hybridized carbons (Fsp3) is 0.385. The van der Waals surface area contributed by atoms with E-state index in [9.17, 15) is 0 Å². The highest BCUT2D eigenvalue weighted by molar-refractivity contribution is 9.10. The molecule has 0 spiro atoms. The lowest BCUT2D eigenvalue weighted by atomic mass is 10.2. The Hall–Kier alpha value is -0.910. The summed E-state index contributed by atoms with van der Waals surface area (Å²) in [4.78, 5) is 2.08. The molecule has 1 heterocycles. The van der Waals surface area contributed by atoms with Gasteiger partial charge in [-0.25, -0.2) is 0 Å². The van der Waals surface area contributed by atoms with E-state index in [1.807, 2.05) is 32.2 Å². The van der Waals surface area contributed by atoms with Gasteiger partial charge >= 0.3 is 0 Å². The third-order valence-electron chi connectivity index (χ3n) is 2.66. The van der Waals surface area contributed by atoms with E-state index >= 15 is 0 Å². The molecule has 2 rings (SSSR count). The number of aryl methyl sites for hydroxylation is 1. The van der Waals surface area contributed by atoms with Crippen molar-refractivity contribution in [2.45, 2.75) is 26.4 Å². The van der Waals surface area contributed by atoms with Gasteiger partial charge in [0, 0.05) is 22.5 Å². The highest BCUT2D eigenvalue weighted by Crippen LogP contribution is 2.22. The van der Waals surface area contributed by atoms with E-state index in [0.29, 0.717) is 18.3 Å². The molecule has 0 atom stereocenters. The molecule has 6 heteroatoms. The summed E-state index contributed by atoms with van der Waals surface area (Å²) in [5, 5.41) is 8.72. The maximum absolute atomic E-state index is 6.17. The van der Waals surface area contributed by atoms with E-state index < -0.39 is 0 Å². The Bertz CT molecular complexity index is 559. The second kappa shape index (κ2) is 6.50. The molecule has 19 heavy (non-hydrogen) atoms. The summed E-state index contributed by atoms with van der Waals surface area (Å²) in [7, 11) is 1.99. The first-order chi connectivity index (χ1) is 9.08. The van der Waals surface area contributed by atoms with Crippen molar-refractivity contribution in [3.05, 3.63) is 45.0 Å². The van der Waals surface area contributed by atoms with Crippen LogP contribution in [0.25, 0.3) is 0 Å². The molecular formula is C13H15BrClN3O. The van der Waals surface area contributed by atoms with Crippen LogP contribution in [0.3, 0.4) is 0 Å². The molecule has 0 saturated carbocycles. The molecule has 1 aromatic heterocycles. The molecule has 0 saturated heterocycles. The number of nitrogens with zero attached hydrogens (tertiary/aromatic N) is 3. The summed E-state index contributed by atoms with van der Waals surface area (Å²) in [6.07, 6.45) is 0.758. The van der Waals surface area contributed by atoms with E-state index in [1.54, 1.807) is 0 Å². The minimum atomic E-state index is 0.607. The lowest BCUT2D eigenvalue weighted by Gasteiger charge is -2.15. The maximum Gasteiger partial charge on any atom is 0.230 e. The number of rotatable bonds is 5. The molecule has 0 amide bonds. The van der Waals surface area contributed by atoms with Crippen LogP contribution in [0.4, 0.5) is 0 Å². The van der Waals surface area contributed by atoms with E-state index in [1.165, 1.54) is 0 Å². The van der Waals surface area contributed by atoms with Crippen molar-refractivity contribution in [3.8, 4) is 0 Å². The van der Waals surface area contributed by atoms with Crippen molar-refractivity contribution in [1.29, 1.82) is 0 Å². The van der Waals surface area contributed by atoms with Crippen molar-refractivity contribution in [3.63, 3.8) is 0 Å². The van der Waals surface area contributed by atoms with Crippen LogP contribution in [0.1, 0.15) is 24.3 Å². The van der Waals surface area contributed by atoms with Gasteiger partial charge in [0.1, 0.15) is 0 Å². The fourth-order valence-electron chi connectivity index (χ4n) is 1.74. The smallest absolute Gasteiger partial charge is 0.230 e. The van der Waals surface area contributed by atoms with Gasteiger partial charge in [-0.05, 0) is 30.8 Å². The highest BCUT2D eigenvalue weighted by atomic mass is 79.9. The van der Waals surface area contributed by atoms with Gasteiger partial charge in [-0.15, -0.1) is 10.2 Å². The summed E-state index contributed by atoms with van der Waals surface area (Å²) in [5.74, 6) is 1.30. The Balaban J connectivity index is 2.00. The van der Waals surface area contributed by atoms with Crippen LogP contribution in [0.15, 0.2) is 27.1 Å². The maximum atomic E-state index is 6.17. The number of aromatic nitrogens is 2. The molecule has 102 valence electrons. The minimum absolute atomic E-state index is 0.607. The van der Waals surface area contributed by atoms with Crippen LogP contribution in [0, 0.1) is 0 Å². The van der Waals surface area contributed by atoms with Crippen molar-refractivity contribution in [2.75, 3.05) is 7.05 Å². The number of halogens is 2. The first-order valence-electron chi connectivity index (χ1n) is 6.02. The molecule has 4 nitrogen and oxygen atoms in total. The summed E-state index contributed by atoms with van der Waals surface area (Å²) < 4.78 is 6.51. The van der Waals surface area contributed by atoms with Gasteiger partial charge in [-0.3, -0.25) is 4.90 Å². The van der Waals surface area contributed by atoms with E-state index in [0.717, 1.165) is 28.0 Å². The average molecular weight is 345 g/mol. The monoisotopic (exact) mass is 343 g/mol. The third-order valence-corrected chi connectivity index (χ3v) is 3.53. The topological polar surface area (TPSA) is 42.2 Å². The van der Waals surface area contributed by atoms with Crippen molar-refractivity contribution in [1.82, 2.24) is 15.1 Å². The Morgan fingerprint density at radius 2 is 2.00 bits per heavy atom. The zero-order valence-corrected chi connectivity index (χ0v) is 13.2. The first kappa shape index (κ1) is 14.5. The molecule has 0 aliphatic heterocycles. The van der Waals surface area contributed by atoms with Crippen molar-refractivity contribution < 1.29 is 4.42 Å². The Labute approximate surface area is 125 Å². The molecule has 2 aromatic rings. The Morgan fingerprint density at radius 1 is 1.26 bits per heavy atom.